The van der Waals surface area contributed by atoms with Crippen molar-refractivity contribution in [1.82, 2.24) is 0 Å². The van der Waals surface area contributed by atoms with Gasteiger partial charge in [0, 0.05) is 24.1 Å². The van der Waals surface area contributed by atoms with E-state index in [-0.39, 0.29) is 17.8 Å². The first-order valence-electron chi connectivity index (χ1n) is 6.34. The molecule has 0 aliphatic carbocycles. The first-order valence-corrected chi connectivity index (χ1v) is 6.34. The molecule has 21 heavy (non-hydrogen) atoms. The third-order valence-corrected chi connectivity index (χ3v) is 2.81. The van der Waals surface area contributed by atoms with Crippen molar-refractivity contribution in [3.05, 3.63) is 44.0 Å². The number of carbonyl (C=O) groups excluding carboxylic acids is 2. The number of Topliss-reactive ketones (excluding diaryl/α,β-unsaturated/α-hetero) is 2. The normalized spacial score (nSPS) is 10.1. The molecule has 8 nitrogen and oxygen atoms in total. The molecule has 1 rings (SSSR count). The smallest absolute Gasteiger partial charge is 0.277 e. The van der Waals surface area contributed by atoms with Crippen LogP contribution in [0.1, 0.15) is 43.0 Å². The van der Waals surface area contributed by atoms with Gasteiger partial charge in [-0.25, -0.2) is 0 Å². The maximum absolute atomic E-state index is 11.9. The highest BCUT2D eigenvalue weighted by Crippen LogP contribution is 2.23. The van der Waals surface area contributed by atoms with E-state index in [2.05, 4.69) is 0 Å². The summed E-state index contributed by atoms with van der Waals surface area (Å²) in [5.74, 6) is -0.932. The van der Waals surface area contributed by atoms with Gasteiger partial charge in [0.25, 0.3) is 11.4 Å². The van der Waals surface area contributed by atoms with E-state index >= 15 is 0 Å². The Bertz CT molecular complexity index is 564. The van der Waals surface area contributed by atoms with E-state index in [0.717, 1.165) is 24.6 Å². The zero-order valence-corrected chi connectivity index (χ0v) is 11.4. The molecule has 0 radical (unpaired) electrons. The van der Waals surface area contributed by atoms with Gasteiger partial charge in [0.1, 0.15) is 5.78 Å². The van der Waals surface area contributed by atoms with Crippen molar-refractivity contribution in [1.29, 1.82) is 0 Å². The van der Waals surface area contributed by atoms with Crippen LogP contribution in [0.4, 0.5) is 11.4 Å². The fourth-order valence-electron chi connectivity index (χ4n) is 1.71. The van der Waals surface area contributed by atoms with Crippen LogP contribution in [0.3, 0.4) is 0 Å². The standard InChI is InChI=1S/C13H14N2O6/c1-2-3-4-12(16)8-13(17)9-5-10(14(18)19)7-11(6-9)15(20)21/h5-7H,2-4,8H2,1H3. The number of nitrogens with zero attached hydrogens (tertiary/aromatic N) is 2. The van der Waals surface area contributed by atoms with Crippen molar-refractivity contribution in [2.24, 2.45) is 0 Å². The third-order valence-electron chi connectivity index (χ3n) is 2.81. The fraction of sp³-hybridized carbons (Fsp3) is 0.385. The highest BCUT2D eigenvalue weighted by atomic mass is 16.6. The van der Waals surface area contributed by atoms with Gasteiger partial charge < -0.3 is 0 Å². The van der Waals surface area contributed by atoms with Crippen LogP contribution in [0, 0.1) is 20.2 Å². The molecule has 0 heterocycles. The summed E-state index contributed by atoms with van der Waals surface area (Å²) >= 11 is 0. The van der Waals surface area contributed by atoms with Crippen LogP contribution in [0.2, 0.25) is 0 Å². The molecule has 0 saturated heterocycles. The zero-order valence-electron chi connectivity index (χ0n) is 11.4. The SMILES string of the molecule is CCCCC(=O)CC(=O)c1cc([N+](=O)[O-])cc([N+](=O)[O-])c1. The van der Waals surface area contributed by atoms with Gasteiger partial charge >= 0.3 is 0 Å². The summed E-state index contributed by atoms with van der Waals surface area (Å²) in [6, 6.07) is 2.67. The number of nitro benzene ring substituents is 2. The monoisotopic (exact) mass is 294 g/mol. The highest BCUT2D eigenvalue weighted by molar-refractivity contribution is 6.08. The minimum atomic E-state index is -0.817. The van der Waals surface area contributed by atoms with Crippen molar-refractivity contribution in [2.75, 3.05) is 0 Å². The summed E-state index contributed by atoms with van der Waals surface area (Å²) in [4.78, 5) is 43.2. The molecule has 1 aromatic rings. The van der Waals surface area contributed by atoms with E-state index in [1.165, 1.54) is 0 Å². The van der Waals surface area contributed by atoms with Crippen LogP contribution in [-0.2, 0) is 4.79 Å². The lowest BCUT2D eigenvalue weighted by atomic mass is 10.0. The molecule has 0 saturated carbocycles. The van der Waals surface area contributed by atoms with Gasteiger partial charge in [0.15, 0.2) is 5.78 Å². The Morgan fingerprint density at radius 3 is 2.00 bits per heavy atom. The average molecular weight is 294 g/mol. The first kappa shape index (κ1) is 16.4. The van der Waals surface area contributed by atoms with E-state index in [0.29, 0.717) is 6.42 Å². The summed E-state index contributed by atoms with van der Waals surface area (Å²) in [6.07, 6.45) is 1.31. The van der Waals surface area contributed by atoms with Gasteiger partial charge in [-0.05, 0) is 6.42 Å². The van der Waals surface area contributed by atoms with Gasteiger partial charge in [0.05, 0.1) is 22.3 Å². The summed E-state index contributed by atoms with van der Waals surface area (Å²) in [6.45, 7) is 1.90. The van der Waals surface area contributed by atoms with Crippen LogP contribution >= 0.6 is 0 Å². The van der Waals surface area contributed by atoms with Crippen molar-refractivity contribution in [3.63, 3.8) is 0 Å². The highest BCUT2D eigenvalue weighted by Gasteiger charge is 2.21. The Morgan fingerprint density at radius 2 is 1.57 bits per heavy atom. The van der Waals surface area contributed by atoms with Gasteiger partial charge in [0.2, 0.25) is 0 Å². The molecule has 0 atom stereocenters. The molecule has 0 amide bonds. The number of ketones is 2. The lowest BCUT2D eigenvalue weighted by molar-refractivity contribution is -0.394. The second kappa shape index (κ2) is 7.22. The Labute approximate surface area is 120 Å². The number of rotatable bonds is 8. The first-order chi connectivity index (χ1) is 9.85. The quantitative estimate of drug-likeness (QED) is 0.314. The van der Waals surface area contributed by atoms with E-state index in [1.807, 2.05) is 6.92 Å². The summed E-state index contributed by atoms with van der Waals surface area (Å²) in [7, 11) is 0. The van der Waals surface area contributed by atoms with Crippen LogP contribution < -0.4 is 0 Å². The molecule has 0 aliphatic rings. The number of carbonyl (C=O) groups is 2. The Hall–Kier alpha value is -2.64. The lowest BCUT2D eigenvalue weighted by Crippen LogP contribution is -2.09. The maximum atomic E-state index is 11.9. The molecular formula is C13H14N2O6. The fourth-order valence-corrected chi connectivity index (χ4v) is 1.71. The molecule has 0 spiro atoms. The number of nitro groups is 2. The summed E-state index contributed by atoms with van der Waals surface area (Å²) in [5.41, 5.74) is -1.29. The number of non-ortho nitro benzene ring substituents is 2. The second-order valence-corrected chi connectivity index (χ2v) is 4.49. The van der Waals surface area contributed by atoms with Crippen LogP contribution in [-0.4, -0.2) is 21.4 Å². The number of benzene rings is 1. The molecule has 1 aromatic carbocycles. The predicted molar refractivity (Wildman–Crippen MR) is 73.2 cm³/mol. The molecule has 0 fully saturated rings. The Kier molecular flexibility index (Phi) is 5.65. The molecule has 0 bridgehead atoms. The number of hydrogen-bond donors (Lipinski definition) is 0. The number of unbranched alkanes of at least 4 members (excludes halogenated alkanes) is 1. The van der Waals surface area contributed by atoms with E-state index in [4.69, 9.17) is 0 Å². The topological polar surface area (TPSA) is 120 Å². The molecule has 8 heteroatoms. The minimum absolute atomic E-state index is 0.194. The molecule has 112 valence electrons. The summed E-state index contributed by atoms with van der Waals surface area (Å²) in [5, 5.41) is 21.4. The lowest BCUT2D eigenvalue weighted by Gasteiger charge is -2.01. The van der Waals surface area contributed by atoms with Gasteiger partial charge in [-0.2, -0.15) is 0 Å². The van der Waals surface area contributed by atoms with Crippen LogP contribution in [0.25, 0.3) is 0 Å². The van der Waals surface area contributed by atoms with E-state index in [1.54, 1.807) is 0 Å². The van der Waals surface area contributed by atoms with E-state index < -0.39 is 33.4 Å². The average Bonchev–Trinajstić information content (AvgIpc) is 2.44. The molecule has 0 N–H and O–H groups in total. The van der Waals surface area contributed by atoms with Crippen LogP contribution in [0.15, 0.2) is 18.2 Å². The van der Waals surface area contributed by atoms with Crippen molar-refractivity contribution in [2.45, 2.75) is 32.6 Å². The zero-order chi connectivity index (χ0) is 16.0. The van der Waals surface area contributed by atoms with Gasteiger partial charge in [-0.1, -0.05) is 13.3 Å². The molecular weight excluding hydrogens is 280 g/mol. The van der Waals surface area contributed by atoms with Gasteiger partial charge in [-0.3, -0.25) is 29.8 Å². The van der Waals surface area contributed by atoms with Gasteiger partial charge in [-0.15, -0.1) is 0 Å². The number of hydrogen-bond acceptors (Lipinski definition) is 6. The minimum Gasteiger partial charge on any atom is -0.299 e. The second-order valence-electron chi connectivity index (χ2n) is 4.49. The molecule has 0 unspecified atom stereocenters. The third kappa shape index (κ3) is 4.75. The predicted octanol–water partition coefficient (Wildman–Crippen LogP) is 2.84. The Morgan fingerprint density at radius 1 is 1.05 bits per heavy atom. The molecule has 0 aromatic heterocycles. The Balaban J connectivity index is 3.00. The van der Waals surface area contributed by atoms with E-state index in [9.17, 15) is 29.8 Å². The van der Waals surface area contributed by atoms with Crippen molar-refractivity contribution >= 4 is 22.9 Å². The molecule has 0 aliphatic heterocycles. The van der Waals surface area contributed by atoms with Crippen LogP contribution in [0.5, 0.6) is 0 Å². The van der Waals surface area contributed by atoms with Crippen molar-refractivity contribution < 1.29 is 19.4 Å². The largest absolute Gasteiger partial charge is 0.299 e. The maximum Gasteiger partial charge on any atom is 0.277 e. The summed E-state index contributed by atoms with van der Waals surface area (Å²) < 4.78 is 0. The van der Waals surface area contributed by atoms with Crippen molar-refractivity contribution in [3.8, 4) is 0 Å².